The van der Waals surface area contributed by atoms with E-state index in [1.54, 1.807) is 0 Å². The monoisotopic (exact) mass is 749 g/mol. The van der Waals surface area contributed by atoms with Gasteiger partial charge in [-0.2, -0.15) is 0 Å². The molecule has 2 amide bonds. The highest BCUT2D eigenvalue weighted by Gasteiger charge is 2.40. The number of rotatable bonds is 8. The number of carbonyl (C=O) groups is 1. The molecule has 1 saturated carbocycles. The molecule has 6 fully saturated rings. The lowest BCUT2D eigenvalue weighted by Gasteiger charge is -2.41. The maximum absolute atomic E-state index is 11.1. The Hall–Kier alpha value is -1.01. The van der Waals surface area contributed by atoms with Gasteiger partial charge in [0.1, 0.15) is 0 Å². The van der Waals surface area contributed by atoms with Crippen LogP contribution in [-0.2, 0) is 0 Å². The summed E-state index contributed by atoms with van der Waals surface area (Å²) >= 11 is 0. The predicted octanol–water partition coefficient (Wildman–Crippen LogP) is 5.74. The average molecular weight is 749 g/mol. The molecule has 10 heteroatoms. The van der Waals surface area contributed by atoms with Gasteiger partial charge < -0.3 is 46.4 Å². The van der Waals surface area contributed by atoms with Crippen molar-refractivity contribution in [2.24, 2.45) is 22.5 Å². The van der Waals surface area contributed by atoms with Crippen LogP contribution in [0.25, 0.3) is 0 Å². The van der Waals surface area contributed by atoms with Gasteiger partial charge in [-0.3, -0.25) is 0 Å². The SMILES string of the molecule is CC(C)N1CCC(C(N)CO)CC1.CC(C)N1CCC2(CC1)CNC(=O)N2.CC(C)N1CCC2(CCCC2)CC1.CNCC1(C)CCN(C(C)C)CC1. The number of aliphatic hydroxyl groups excluding tert-OH is 1. The van der Waals surface area contributed by atoms with Crippen molar-refractivity contribution in [1.29, 1.82) is 0 Å². The number of carbonyl (C=O) groups excluding carboxylic acids is 1. The molecule has 5 heterocycles. The molecule has 6 aliphatic rings. The molecule has 2 spiro atoms. The maximum atomic E-state index is 11.1. The number of likely N-dealkylation sites (tertiary alicyclic amines) is 4. The Balaban J connectivity index is 0.000000190. The lowest BCUT2D eigenvalue weighted by molar-refractivity contribution is 0.0871. The second-order valence-corrected chi connectivity index (χ2v) is 19.3. The summed E-state index contributed by atoms with van der Waals surface area (Å²) in [5, 5.41) is 18.1. The van der Waals surface area contributed by atoms with E-state index in [9.17, 15) is 4.79 Å². The summed E-state index contributed by atoms with van der Waals surface area (Å²) in [6.45, 7) is 32.4. The molecule has 312 valence electrons. The molecule has 5 saturated heterocycles. The van der Waals surface area contributed by atoms with Crippen LogP contribution in [0.2, 0.25) is 0 Å². The number of nitrogens with zero attached hydrogens (tertiary/aromatic N) is 4. The Morgan fingerprint density at radius 2 is 1.11 bits per heavy atom. The third-order valence-electron chi connectivity index (χ3n) is 14.2. The Labute approximate surface area is 327 Å². The molecule has 0 bridgehead atoms. The van der Waals surface area contributed by atoms with Gasteiger partial charge in [-0.05, 0) is 183 Å². The largest absolute Gasteiger partial charge is 0.395 e. The van der Waals surface area contributed by atoms with Crippen LogP contribution >= 0.6 is 0 Å². The van der Waals surface area contributed by atoms with Gasteiger partial charge in [0.25, 0.3) is 0 Å². The van der Waals surface area contributed by atoms with E-state index < -0.39 is 0 Å². The van der Waals surface area contributed by atoms with Crippen molar-refractivity contribution in [2.45, 2.75) is 175 Å². The van der Waals surface area contributed by atoms with E-state index in [0.717, 1.165) is 75.9 Å². The van der Waals surface area contributed by atoms with Gasteiger partial charge in [0, 0.05) is 56.4 Å². The number of nitrogens with one attached hydrogen (secondary N) is 3. The summed E-state index contributed by atoms with van der Waals surface area (Å²) in [6.07, 6.45) is 16.1. The van der Waals surface area contributed by atoms with Crippen molar-refractivity contribution in [2.75, 3.05) is 79.1 Å². The Kier molecular flexibility index (Phi) is 19.3. The molecule has 0 aromatic carbocycles. The van der Waals surface area contributed by atoms with E-state index in [4.69, 9.17) is 10.8 Å². The van der Waals surface area contributed by atoms with Crippen LogP contribution in [0.4, 0.5) is 4.79 Å². The topological polar surface area (TPSA) is 112 Å². The molecule has 0 radical (unpaired) electrons. The number of hydrogen-bond donors (Lipinski definition) is 5. The van der Waals surface area contributed by atoms with Crippen LogP contribution in [0.3, 0.4) is 0 Å². The van der Waals surface area contributed by atoms with Crippen molar-refractivity contribution >= 4 is 6.03 Å². The molecule has 1 unspecified atom stereocenters. The lowest BCUT2D eigenvalue weighted by atomic mass is 9.77. The first-order chi connectivity index (χ1) is 25.1. The minimum Gasteiger partial charge on any atom is -0.395 e. The zero-order valence-corrected chi connectivity index (χ0v) is 36.4. The number of amides is 2. The third-order valence-corrected chi connectivity index (χ3v) is 14.2. The van der Waals surface area contributed by atoms with Crippen molar-refractivity contribution in [3.63, 3.8) is 0 Å². The zero-order chi connectivity index (χ0) is 39.2. The summed E-state index contributed by atoms with van der Waals surface area (Å²) in [7, 11) is 2.06. The van der Waals surface area contributed by atoms with Gasteiger partial charge in [-0.15, -0.1) is 0 Å². The van der Waals surface area contributed by atoms with E-state index >= 15 is 0 Å². The Morgan fingerprint density at radius 1 is 0.698 bits per heavy atom. The first-order valence-electron chi connectivity index (χ1n) is 22.1. The highest BCUT2D eigenvalue weighted by molar-refractivity contribution is 5.77. The van der Waals surface area contributed by atoms with E-state index in [0.29, 0.717) is 23.4 Å². The number of aliphatic hydroxyl groups is 1. The van der Waals surface area contributed by atoms with Gasteiger partial charge >= 0.3 is 6.03 Å². The van der Waals surface area contributed by atoms with E-state index in [2.05, 4.69) is 105 Å². The third kappa shape index (κ3) is 14.8. The molecule has 6 rings (SSSR count). The zero-order valence-electron chi connectivity index (χ0n) is 36.4. The molecular weight excluding hydrogens is 661 g/mol. The molecule has 1 aliphatic carbocycles. The summed E-state index contributed by atoms with van der Waals surface area (Å²) in [5.74, 6) is 0.528. The van der Waals surface area contributed by atoms with Crippen molar-refractivity contribution in [3.05, 3.63) is 0 Å². The standard InChI is InChI=1S/C12H23N.C11H24N2.C10H19N3O.C10H22N2O/c1-11(2)13-9-7-12(8-10-13)5-3-4-6-12;1-10(2)13-7-5-11(3,6-8-13)9-12-4;1-8(2)13-5-3-10(4-6-13)7-11-9(14)12-10;1-8(2)12-5-3-9(4-6-12)10(11)7-13/h11H,3-10H2,1-2H3;10,12H,5-9H2,1-4H3;8H,3-7H2,1-2H3,(H2,11,12,14);8-10,13H,3-7,11H2,1-2H3. The fraction of sp³-hybridized carbons (Fsp3) is 0.977. The average Bonchev–Trinajstić information content (AvgIpc) is 3.74. The van der Waals surface area contributed by atoms with E-state index in [-0.39, 0.29) is 24.2 Å². The van der Waals surface area contributed by atoms with Crippen LogP contribution in [0.15, 0.2) is 0 Å². The first kappa shape index (κ1) is 46.4. The van der Waals surface area contributed by atoms with Crippen LogP contribution < -0.4 is 21.7 Å². The smallest absolute Gasteiger partial charge is 0.315 e. The van der Waals surface area contributed by atoms with Crippen molar-refractivity contribution in [3.8, 4) is 0 Å². The number of urea groups is 1. The summed E-state index contributed by atoms with van der Waals surface area (Å²) in [5.41, 5.74) is 7.20. The predicted molar refractivity (Wildman–Crippen MR) is 225 cm³/mol. The van der Waals surface area contributed by atoms with Crippen LogP contribution in [0, 0.1) is 16.7 Å². The summed E-state index contributed by atoms with van der Waals surface area (Å²) in [6, 6.07) is 2.75. The lowest BCUT2D eigenvalue weighted by Crippen LogP contribution is -2.53. The maximum Gasteiger partial charge on any atom is 0.315 e. The summed E-state index contributed by atoms with van der Waals surface area (Å²) < 4.78 is 0. The normalized spacial score (nSPS) is 25.8. The van der Waals surface area contributed by atoms with Crippen molar-refractivity contribution < 1.29 is 9.90 Å². The fourth-order valence-electron chi connectivity index (χ4n) is 9.69. The number of piperidine rings is 4. The van der Waals surface area contributed by atoms with Gasteiger partial charge in [0.2, 0.25) is 0 Å². The van der Waals surface area contributed by atoms with Gasteiger partial charge in [0.05, 0.1) is 12.1 Å². The number of hydrogen-bond acceptors (Lipinski definition) is 8. The van der Waals surface area contributed by atoms with Gasteiger partial charge in [-0.25, -0.2) is 4.79 Å². The first-order valence-corrected chi connectivity index (χ1v) is 22.1. The van der Waals surface area contributed by atoms with Gasteiger partial charge in [-0.1, -0.05) is 19.8 Å². The highest BCUT2D eigenvalue weighted by atomic mass is 16.3. The minimum absolute atomic E-state index is 0.00277. The molecule has 6 N–H and O–H groups in total. The van der Waals surface area contributed by atoms with Gasteiger partial charge in [0.15, 0.2) is 0 Å². The van der Waals surface area contributed by atoms with Crippen LogP contribution in [0.5, 0.6) is 0 Å². The Bertz CT molecular complexity index is 998. The molecule has 1 atom stereocenters. The van der Waals surface area contributed by atoms with Crippen LogP contribution in [-0.4, -0.2) is 146 Å². The molecule has 5 aliphatic heterocycles. The second-order valence-electron chi connectivity index (χ2n) is 19.3. The fourth-order valence-corrected chi connectivity index (χ4v) is 9.69. The van der Waals surface area contributed by atoms with Crippen LogP contribution in [0.1, 0.15) is 139 Å². The molecular formula is C43H88N8O2. The van der Waals surface area contributed by atoms with E-state index in [1.807, 2.05) is 0 Å². The summed E-state index contributed by atoms with van der Waals surface area (Å²) in [4.78, 5) is 21.3. The molecule has 10 nitrogen and oxygen atoms in total. The molecule has 0 aromatic rings. The second kappa shape index (κ2) is 22.1. The quantitative estimate of drug-likeness (QED) is 0.214. The molecule has 0 aromatic heterocycles. The molecule has 53 heavy (non-hydrogen) atoms. The highest BCUT2D eigenvalue weighted by Crippen LogP contribution is 2.46. The number of nitrogens with two attached hydrogens (primary N) is 1. The minimum atomic E-state index is -0.00527. The van der Waals surface area contributed by atoms with Crippen molar-refractivity contribution in [1.82, 2.24) is 35.6 Å². The Morgan fingerprint density at radius 3 is 1.49 bits per heavy atom. The van der Waals surface area contributed by atoms with E-state index in [1.165, 1.54) is 84.1 Å².